The minimum absolute atomic E-state index is 0.402. The second kappa shape index (κ2) is 6.40. The molecule has 0 aliphatic carbocycles. The Morgan fingerprint density at radius 1 is 1.33 bits per heavy atom. The van der Waals surface area contributed by atoms with Crippen molar-refractivity contribution in [3.63, 3.8) is 0 Å². The average molecular weight is 350 g/mol. The molecule has 0 bridgehead atoms. The number of carbonyl (C=O) groups excluding carboxylic acids is 1. The zero-order valence-corrected chi connectivity index (χ0v) is 12.9. The van der Waals surface area contributed by atoms with Gasteiger partial charge in [0.05, 0.1) is 10.7 Å². The number of amides is 2. The Bertz CT molecular complexity index is 435. The molecular formula is C10H9Cl5N2O. The van der Waals surface area contributed by atoms with Crippen LogP contribution in [0.1, 0.15) is 0 Å². The highest BCUT2D eigenvalue weighted by Crippen LogP contribution is 2.35. The zero-order valence-electron chi connectivity index (χ0n) is 9.13. The van der Waals surface area contributed by atoms with Gasteiger partial charge in [-0.1, -0.05) is 70.1 Å². The summed E-state index contributed by atoms with van der Waals surface area (Å²) in [6, 6.07) is 6.23. The van der Waals surface area contributed by atoms with Gasteiger partial charge in [0.15, 0.2) is 5.50 Å². The summed E-state index contributed by atoms with van der Waals surface area (Å²) in [4.78, 5) is 12.9. The van der Waals surface area contributed by atoms with Gasteiger partial charge in [0.25, 0.3) is 0 Å². The highest BCUT2D eigenvalue weighted by molar-refractivity contribution is 6.70. The number of halogens is 5. The SMILES string of the molecule is CN(C(=O)Nc1ccccc1Cl)C(Cl)C(Cl)(Cl)Cl. The van der Waals surface area contributed by atoms with Crippen molar-refractivity contribution in [1.82, 2.24) is 4.90 Å². The van der Waals surface area contributed by atoms with E-state index in [1.54, 1.807) is 24.3 Å². The summed E-state index contributed by atoms with van der Waals surface area (Å²) in [5.74, 6) is 0. The maximum atomic E-state index is 11.8. The molecule has 1 aromatic carbocycles. The number of urea groups is 1. The van der Waals surface area contributed by atoms with Gasteiger partial charge in [0.2, 0.25) is 3.79 Å². The molecule has 2 amide bonds. The number of carbonyl (C=O) groups is 1. The number of anilines is 1. The van der Waals surface area contributed by atoms with E-state index >= 15 is 0 Å². The standard InChI is InChI=1S/C10H9Cl5N2O/c1-17(8(12)10(13,14)15)9(18)16-7-5-3-2-4-6(7)11/h2-5,8H,1H3,(H,16,18). The Labute approximate surface area is 130 Å². The molecule has 0 aliphatic rings. The molecule has 1 unspecified atom stereocenters. The second-order valence-electron chi connectivity index (χ2n) is 3.40. The lowest BCUT2D eigenvalue weighted by Gasteiger charge is -2.28. The number of alkyl halides is 4. The molecule has 0 aliphatic heterocycles. The number of hydrogen-bond acceptors (Lipinski definition) is 1. The third-order valence-corrected chi connectivity index (χ3v) is 3.95. The Balaban J connectivity index is 2.75. The Kier molecular flexibility index (Phi) is 5.68. The van der Waals surface area contributed by atoms with Crippen molar-refractivity contribution in [2.24, 2.45) is 0 Å². The molecule has 0 radical (unpaired) electrons. The van der Waals surface area contributed by atoms with E-state index in [1.165, 1.54) is 7.05 Å². The molecule has 0 spiro atoms. The quantitative estimate of drug-likeness (QED) is 0.606. The van der Waals surface area contributed by atoms with Crippen molar-refractivity contribution in [2.75, 3.05) is 12.4 Å². The van der Waals surface area contributed by atoms with Crippen molar-refractivity contribution < 1.29 is 4.79 Å². The summed E-state index contributed by atoms with van der Waals surface area (Å²) in [5, 5.41) is 2.96. The van der Waals surface area contributed by atoms with E-state index in [1.807, 2.05) is 0 Å². The van der Waals surface area contributed by atoms with Crippen LogP contribution in [0.2, 0.25) is 5.02 Å². The summed E-state index contributed by atoms with van der Waals surface area (Å²) < 4.78 is -1.78. The van der Waals surface area contributed by atoms with E-state index in [2.05, 4.69) is 5.32 Å². The van der Waals surface area contributed by atoms with Crippen LogP contribution in [-0.4, -0.2) is 27.3 Å². The van der Waals surface area contributed by atoms with Crippen LogP contribution in [0.15, 0.2) is 24.3 Å². The topological polar surface area (TPSA) is 32.3 Å². The summed E-state index contributed by atoms with van der Waals surface area (Å²) in [5.41, 5.74) is -0.658. The summed E-state index contributed by atoms with van der Waals surface area (Å²) >= 11 is 28.6. The van der Waals surface area contributed by atoms with Crippen molar-refractivity contribution in [3.8, 4) is 0 Å². The summed E-state index contributed by atoms with van der Waals surface area (Å²) in [6.45, 7) is 0. The third-order valence-electron chi connectivity index (χ3n) is 2.05. The summed E-state index contributed by atoms with van der Waals surface area (Å²) in [6.07, 6.45) is 0. The monoisotopic (exact) mass is 348 g/mol. The number of nitrogens with one attached hydrogen (secondary N) is 1. The first-order chi connectivity index (χ1) is 8.23. The number of nitrogens with zero attached hydrogens (tertiary/aromatic N) is 1. The first-order valence-corrected chi connectivity index (χ1v) is 6.67. The van der Waals surface area contributed by atoms with Gasteiger partial charge < -0.3 is 10.2 Å². The van der Waals surface area contributed by atoms with Gasteiger partial charge in [0, 0.05) is 7.05 Å². The minimum atomic E-state index is -1.78. The Morgan fingerprint density at radius 3 is 2.39 bits per heavy atom. The van der Waals surface area contributed by atoms with Crippen LogP contribution in [0, 0.1) is 0 Å². The molecular weight excluding hydrogens is 341 g/mol. The lowest BCUT2D eigenvalue weighted by atomic mass is 10.3. The number of para-hydroxylation sites is 1. The predicted molar refractivity (Wildman–Crippen MR) is 78.2 cm³/mol. The first kappa shape index (κ1) is 16.0. The molecule has 0 saturated heterocycles. The van der Waals surface area contributed by atoms with E-state index in [0.717, 1.165) is 4.90 Å². The van der Waals surface area contributed by atoms with E-state index < -0.39 is 15.3 Å². The molecule has 0 fully saturated rings. The van der Waals surface area contributed by atoms with Gasteiger partial charge >= 0.3 is 6.03 Å². The van der Waals surface area contributed by atoms with Gasteiger partial charge in [-0.25, -0.2) is 4.79 Å². The molecule has 1 atom stereocenters. The van der Waals surface area contributed by atoms with Crippen molar-refractivity contribution in [2.45, 2.75) is 9.29 Å². The normalized spacial score (nSPS) is 13.0. The highest BCUT2D eigenvalue weighted by atomic mass is 35.6. The molecule has 1 aromatic rings. The van der Waals surface area contributed by atoms with Crippen LogP contribution in [0.3, 0.4) is 0 Å². The van der Waals surface area contributed by atoms with Crippen LogP contribution in [0.5, 0.6) is 0 Å². The third kappa shape index (κ3) is 4.25. The van der Waals surface area contributed by atoms with E-state index in [9.17, 15) is 4.79 Å². The highest BCUT2D eigenvalue weighted by Gasteiger charge is 2.36. The maximum absolute atomic E-state index is 11.8. The van der Waals surface area contributed by atoms with Crippen LogP contribution < -0.4 is 5.32 Å². The van der Waals surface area contributed by atoms with Crippen LogP contribution >= 0.6 is 58.0 Å². The molecule has 0 aromatic heterocycles. The van der Waals surface area contributed by atoms with Gasteiger partial charge in [-0.3, -0.25) is 0 Å². The van der Waals surface area contributed by atoms with Gasteiger partial charge in [-0.2, -0.15) is 0 Å². The molecule has 0 saturated carbocycles. The lowest BCUT2D eigenvalue weighted by Crippen LogP contribution is -2.43. The van der Waals surface area contributed by atoms with Gasteiger partial charge in [-0.05, 0) is 12.1 Å². The molecule has 0 heterocycles. The molecule has 18 heavy (non-hydrogen) atoms. The second-order valence-corrected chi connectivity index (χ2v) is 6.59. The minimum Gasteiger partial charge on any atom is -0.307 e. The van der Waals surface area contributed by atoms with Crippen LogP contribution in [0.4, 0.5) is 10.5 Å². The molecule has 1 rings (SSSR count). The van der Waals surface area contributed by atoms with Crippen molar-refractivity contribution in [1.29, 1.82) is 0 Å². The van der Waals surface area contributed by atoms with Crippen molar-refractivity contribution >= 4 is 69.7 Å². The average Bonchev–Trinajstić information content (AvgIpc) is 2.29. The fourth-order valence-electron chi connectivity index (χ4n) is 1.09. The van der Waals surface area contributed by atoms with Crippen molar-refractivity contribution in [3.05, 3.63) is 29.3 Å². The fraction of sp³-hybridized carbons (Fsp3) is 0.300. The van der Waals surface area contributed by atoms with E-state index in [-0.39, 0.29) is 0 Å². The molecule has 100 valence electrons. The van der Waals surface area contributed by atoms with Gasteiger partial charge in [-0.15, -0.1) is 0 Å². The first-order valence-electron chi connectivity index (χ1n) is 4.72. The zero-order chi connectivity index (χ0) is 13.9. The van der Waals surface area contributed by atoms with Crippen LogP contribution in [-0.2, 0) is 0 Å². The largest absolute Gasteiger partial charge is 0.322 e. The smallest absolute Gasteiger partial charge is 0.307 e. The van der Waals surface area contributed by atoms with Gasteiger partial charge in [0.1, 0.15) is 0 Å². The maximum Gasteiger partial charge on any atom is 0.322 e. The number of rotatable bonds is 2. The van der Waals surface area contributed by atoms with Crippen LogP contribution in [0.25, 0.3) is 0 Å². The van der Waals surface area contributed by atoms with E-state index in [4.69, 9.17) is 58.0 Å². The number of hydrogen-bond donors (Lipinski definition) is 1. The predicted octanol–water partition coefficient (Wildman–Crippen LogP) is 4.74. The molecule has 3 nitrogen and oxygen atoms in total. The Hall–Kier alpha value is -0.0600. The molecule has 1 N–H and O–H groups in total. The number of benzene rings is 1. The summed E-state index contributed by atoms with van der Waals surface area (Å²) in [7, 11) is 1.41. The molecule has 8 heteroatoms. The lowest BCUT2D eigenvalue weighted by molar-refractivity contribution is 0.218. The van der Waals surface area contributed by atoms with E-state index in [0.29, 0.717) is 10.7 Å². The fourth-order valence-corrected chi connectivity index (χ4v) is 1.80. The Morgan fingerprint density at radius 2 is 1.89 bits per heavy atom.